The Hall–Kier alpha value is -2.23. The van der Waals surface area contributed by atoms with E-state index in [9.17, 15) is 4.79 Å². The second kappa shape index (κ2) is 6.09. The molecule has 0 radical (unpaired) electrons. The second-order valence-electron chi connectivity index (χ2n) is 4.40. The third kappa shape index (κ3) is 3.61. The zero-order chi connectivity index (χ0) is 13.7. The molecule has 4 heteroatoms. The first-order valence-electron chi connectivity index (χ1n) is 6.22. The van der Waals surface area contributed by atoms with Gasteiger partial charge in [-0.05, 0) is 31.2 Å². The van der Waals surface area contributed by atoms with Crippen LogP contribution in [-0.4, -0.2) is 17.1 Å². The van der Waals surface area contributed by atoms with E-state index in [-0.39, 0.29) is 12.5 Å². The molecule has 0 fully saturated rings. The molecule has 0 aliphatic carbocycles. The quantitative estimate of drug-likeness (QED) is 0.891. The van der Waals surface area contributed by atoms with Crippen LogP contribution >= 0.6 is 0 Å². The van der Waals surface area contributed by atoms with Crippen molar-refractivity contribution in [1.29, 1.82) is 0 Å². The Labute approximate surface area is 113 Å². The van der Waals surface area contributed by atoms with Gasteiger partial charge in [0.15, 0.2) is 6.61 Å². The molecule has 2 rings (SSSR count). The standard InChI is InChI=1S/C15H18N2O2/c1-12-8-9-13(17(12)2)10-16-15(18)11-19-14-6-4-3-5-7-14/h3-9H,10-11H2,1-2H3,(H,16,18). The fourth-order valence-corrected chi connectivity index (χ4v) is 1.75. The zero-order valence-corrected chi connectivity index (χ0v) is 11.2. The van der Waals surface area contributed by atoms with Crippen LogP contribution in [0.2, 0.25) is 0 Å². The Morgan fingerprint density at radius 1 is 1.21 bits per heavy atom. The monoisotopic (exact) mass is 258 g/mol. The van der Waals surface area contributed by atoms with Crippen LogP contribution < -0.4 is 10.1 Å². The molecule has 1 heterocycles. The van der Waals surface area contributed by atoms with E-state index in [1.807, 2.05) is 56.4 Å². The van der Waals surface area contributed by atoms with Gasteiger partial charge in [0, 0.05) is 18.4 Å². The third-order valence-corrected chi connectivity index (χ3v) is 3.06. The van der Waals surface area contributed by atoms with Crippen LogP contribution in [0.1, 0.15) is 11.4 Å². The molecule has 0 bridgehead atoms. The summed E-state index contributed by atoms with van der Waals surface area (Å²) in [7, 11) is 1.98. The van der Waals surface area contributed by atoms with Crippen molar-refractivity contribution in [3.05, 3.63) is 53.9 Å². The zero-order valence-electron chi connectivity index (χ0n) is 11.2. The third-order valence-electron chi connectivity index (χ3n) is 3.06. The molecule has 0 spiro atoms. The molecule has 1 amide bonds. The molecule has 0 saturated carbocycles. The van der Waals surface area contributed by atoms with E-state index in [0.29, 0.717) is 12.3 Å². The van der Waals surface area contributed by atoms with E-state index in [4.69, 9.17) is 4.74 Å². The summed E-state index contributed by atoms with van der Waals surface area (Å²) in [6.07, 6.45) is 0. The average Bonchev–Trinajstić information content (AvgIpc) is 2.75. The van der Waals surface area contributed by atoms with Crippen molar-refractivity contribution in [3.8, 4) is 5.75 Å². The van der Waals surface area contributed by atoms with E-state index in [1.54, 1.807) is 0 Å². The highest BCUT2D eigenvalue weighted by Gasteiger charge is 2.05. The number of hydrogen-bond donors (Lipinski definition) is 1. The lowest BCUT2D eigenvalue weighted by Crippen LogP contribution is -2.29. The molecule has 0 saturated heterocycles. The number of ether oxygens (including phenoxy) is 1. The number of para-hydroxylation sites is 1. The number of rotatable bonds is 5. The highest BCUT2D eigenvalue weighted by Crippen LogP contribution is 2.08. The van der Waals surface area contributed by atoms with Crippen molar-refractivity contribution in [3.63, 3.8) is 0 Å². The number of amides is 1. The van der Waals surface area contributed by atoms with Crippen LogP contribution in [0.25, 0.3) is 0 Å². The average molecular weight is 258 g/mol. The fourth-order valence-electron chi connectivity index (χ4n) is 1.75. The minimum absolute atomic E-state index is 0.0351. The van der Waals surface area contributed by atoms with Crippen molar-refractivity contribution < 1.29 is 9.53 Å². The number of nitrogens with one attached hydrogen (secondary N) is 1. The highest BCUT2D eigenvalue weighted by atomic mass is 16.5. The molecule has 19 heavy (non-hydrogen) atoms. The number of hydrogen-bond acceptors (Lipinski definition) is 2. The summed E-state index contributed by atoms with van der Waals surface area (Å²) in [6, 6.07) is 13.3. The molecule has 1 N–H and O–H groups in total. The summed E-state index contributed by atoms with van der Waals surface area (Å²) in [6.45, 7) is 2.58. The maximum Gasteiger partial charge on any atom is 0.258 e. The van der Waals surface area contributed by atoms with Crippen LogP contribution in [0.3, 0.4) is 0 Å². The lowest BCUT2D eigenvalue weighted by Gasteiger charge is -2.08. The van der Waals surface area contributed by atoms with Crippen molar-refractivity contribution >= 4 is 5.91 Å². The predicted octanol–water partition coefficient (Wildman–Crippen LogP) is 2.03. The van der Waals surface area contributed by atoms with Gasteiger partial charge in [-0.1, -0.05) is 18.2 Å². The maximum absolute atomic E-state index is 11.7. The Balaban J connectivity index is 1.78. The van der Waals surface area contributed by atoms with Gasteiger partial charge in [-0.3, -0.25) is 4.79 Å². The van der Waals surface area contributed by atoms with Gasteiger partial charge in [0.2, 0.25) is 0 Å². The Bertz CT molecular complexity index is 547. The first-order chi connectivity index (χ1) is 9.16. The number of benzene rings is 1. The summed E-state index contributed by atoms with van der Waals surface area (Å²) in [4.78, 5) is 11.7. The van der Waals surface area contributed by atoms with Gasteiger partial charge in [0.05, 0.1) is 6.54 Å². The van der Waals surface area contributed by atoms with Crippen LogP contribution in [0.15, 0.2) is 42.5 Å². The van der Waals surface area contributed by atoms with Crippen LogP contribution in [0.5, 0.6) is 5.75 Å². The lowest BCUT2D eigenvalue weighted by atomic mass is 10.3. The summed E-state index contributed by atoms with van der Waals surface area (Å²) in [5, 5.41) is 2.84. The van der Waals surface area contributed by atoms with E-state index < -0.39 is 0 Å². The first-order valence-corrected chi connectivity index (χ1v) is 6.22. The van der Waals surface area contributed by atoms with E-state index in [0.717, 1.165) is 5.69 Å². The van der Waals surface area contributed by atoms with Crippen molar-refractivity contribution in [2.45, 2.75) is 13.5 Å². The van der Waals surface area contributed by atoms with Crippen LogP contribution in [0.4, 0.5) is 0 Å². The summed E-state index contributed by atoms with van der Waals surface area (Å²) in [5.74, 6) is 0.579. The van der Waals surface area contributed by atoms with E-state index in [2.05, 4.69) is 9.88 Å². The van der Waals surface area contributed by atoms with Crippen molar-refractivity contribution in [2.24, 2.45) is 7.05 Å². The normalized spacial score (nSPS) is 10.2. The van der Waals surface area contributed by atoms with Gasteiger partial charge in [-0.2, -0.15) is 0 Å². The van der Waals surface area contributed by atoms with Crippen LogP contribution in [0, 0.1) is 6.92 Å². The SMILES string of the molecule is Cc1ccc(CNC(=O)COc2ccccc2)n1C. The molecule has 0 aliphatic heterocycles. The second-order valence-corrected chi connectivity index (χ2v) is 4.40. The fraction of sp³-hybridized carbons (Fsp3) is 0.267. The van der Waals surface area contributed by atoms with Crippen LogP contribution in [-0.2, 0) is 18.4 Å². The van der Waals surface area contributed by atoms with E-state index >= 15 is 0 Å². The topological polar surface area (TPSA) is 43.3 Å². The number of aromatic nitrogens is 1. The molecule has 1 aromatic carbocycles. The summed E-state index contributed by atoms with van der Waals surface area (Å²) >= 11 is 0. The molecule has 0 unspecified atom stereocenters. The Kier molecular flexibility index (Phi) is 4.23. The Morgan fingerprint density at radius 3 is 2.58 bits per heavy atom. The molecular weight excluding hydrogens is 240 g/mol. The minimum Gasteiger partial charge on any atom is -0.484 e. The molecular formula is C15H18N2O2. The van der Waals surface area contributed by atoms with Gasteiger partial charge in [0.1, 0.15) is 5.75 Å². The Morgan fingerprint density at radius 2 is 1.95 bits per heavy atom. The number of aryl methyl sites for hydroxylation is 1. The summed E-state index contributed by atoms with van der Waals surface area (Å²) in [5.41, 5.74) is 2.25. The largest absolute Gasteiger partial charge is 0.484 e. The molecule has 2 aromatic rings. The predicted molar refractivity (Wildman–Crippen MR) is 73.9 cm³/mol. The molecule has 0 atom stereocenters. The van der Waals surface area contributed by atoms with Gasteiger partial charge >= 0.3 is 0 Å². The smallest absolute Gasteiger partial charge is 0.258 e. The number of carbonyl (C=O) groups is 1. The van der Waals surface area contributed by atoms with Gasteiger partial charge in [-0.15, -0.1) is 0 Å². The van der Waals surface area contributed by atoms with Gasteiger partial charge in [0.25, 0.3) is 5.91 Å². The molecule has 1 aromatic heterocycles. The molecule has 100 valence electrons. The van der Waals surface area contributed by atoms with Gasteiger partial charge in [-0.25, -0.2) is 0 Å². The van der Waals surface area contributed by atoms with E-state index in [1.165, 1.54) is 5.69 Å². The van der Waals surface area contributed by atoms with Gasteiger partial charge < -0.3 is 14.6 Å². The number of nitrogens with zero attached hydrogens (tertiary/aromatic N) is 1. The van der Waals surface area contributed by atoms with Crippen molar-refractivity contribution in [1.82, 2.24) is 9.88 Å². The first kappa shape index (κ1) is 13.2. The maximum atomic E-state index is 11.7. The lowest BCUT2D eigenvalue weighted by molar-refractivity contribution is -0.123. The minimum atomic E-state index is -0.122. The van der Waals surface area contributed by atoms with Crippen molar-refractivity contribution in [2.75, 3.05) is 6.61 Å². The highest BCUT2D eigenvalue weighted by molar-refractivity contribution is 5.77. The number of carbonyl (C=O) groups excluding carboxylic acids is 1. The molecule has 0 aliphatic rings. The summed E-state index contributed by atoms with van der Waals surface area (Å²) < 4.78 is 7.43. The molecule has 4 nitrogen and oxygen atoms in total.